The molecule has 0 unspecified atom stereocenters. The van der Waals surface area contributed by atoms with Crippen LogP contribution in [-0.4, -0.2) is 38.1 Å². The molecule has 0 bridgehead atoms. The minimum absolute atomic E-state index is 0.0795. The molecule has 18 heteroatoms. The molecule has 4 amide bonds. The molecule has 0 aliphatic carbocycles. The Kier molecular flexibility index (Phi) is 19.0. The van der Waals surface area contributed by atoms with E-state index in [1.54, 1.807) is 0 Å². The van der Waals surface area contributed by atoms with Gasteiger partial charge in [0.15, 0.2) is 0 Å². The Balaban J connectivity index is 0.000000862. The van der Waals surface area contributed by atoms with Crippen LogP contribution in [0.15, 0.2) is 231 Å². The molecule has 0 saturated carbocycles. The van der Waals surface area contributed by atoms with Crippen LogP contribution < -0.4 is 52.2 Å². The number of carbonyl (C=O) groups excluding carboxylic acids is 4. The number of rotatable bonds is 14. The number of imide groups is 2. The van der Waals surface area contributed by atoms with Gasteiger partial charge in [0, 0.05) is 10.8 Å². The highest BCUT2D eigenvalue weighted by Gasteiger charge is 2.58. The van der Waals surface area contributed by atoms with Crippen molar-refractivity contribution in [3.05, 3.63) is 275 Å². The van der Waals surface area contributed by atoms with E-state index in [1.165, 1.54) is 9.80 Å². The number of para-hydroxylation sites is 2. The largest absolute Gasteiger partial charge is 0.673 e. The van der Waals surface area contributed by atoms with Crippen LogP contribution in [0, 0.1) is 0 Å². The Bertz CT molecular complexity index is 3850. The molecule has 0 saturated heterocycles. The predicted octanol–water partition coefficient (Wildman–Crippen LogP) is 16.8. The maximum absolute atomic E-state index is 17.2. The van der Waals surface area contributed by atoms with E-state index in [0.717, 1.165) is 54.1 Å². The molecule has 0 aromatic heterocycles. The van der Waals surface area contributed by atoms with Crippen LogP contribution >= 0.6 is 14.5 Å². The van der Waals surface area contributed by atoms with Gasteiger partial charge in [-0.1, -0.05) is 201 Å². The second-order valence-corrected chi connectivity index (χ2v) is 30.6. The van der Waals surface area contributed by atoms with Crippen molar-refractivity contribution in [2.75, 3.05) is 9.80 Å². The van der Waals surface area contributed by atoms with Gasteiger partial charge in [-0.15, -0.1) is 0 Å². The zero-order valence-electron chi connectivity index (χ0n) is 51.8. The van der Waals surface area contributed by atoms with Gasteiger partial charge in [-0.2, -0.15) is 0 Å². The molecule has 10 aromatic rings. The van der Waals surface area contributed by atoms with Crippen LogP contribution in [0.4, 0.5) is 45.9 Å². The summed E-state index contributed by atoms with van der Waals surface area (Å²) in [6.45, 7) is 16.8. The molecule has 468 valence electrons. The summed E-state index contributed by atoms with van der Waals surface area (Å²) >= 11 is 0. The van der Waals surface area contributed by atoms with Crippen LogP contribution in [0.2, 0.25) is 0 Å². The monoisotopic (exact) mass is 1280 g/mol. The van der Waals surface area contributed by atoms with Crippen molar-refractivity contribution in [3.63, 3.8) is 0 Å². The number of anilines is 2. The fraction of sp³-hybridized carbons (Fsp3) is 0.162. The summed E-state index contributed by atoms with van der Waals surface area (Å²) in [5.74, 6) is -2.32. The zero-order valence-corrected chi connectivity index (χ0v) is 53.6. The fourth-order valence-electron chi connectivity index (χ4n) is 13.1. The predicted molar refractivity (Wildman–Crippen MR) is 365 cm³/mol. The van der Waals surface area contributed by atoms with Crippen molar-refractivity contribution < 1.29 is 53.7 Å². The van der Waals surface area contributed by atoms with Crippen molar-refractivity contribution in [3.8, 4) is 0 Å². The molecule has 2 aliphatic rings. The minimum atomic E-state index is -6.00. The number of amides is 4. The van der Waals surface area contributed by atoms with Gasteiger partial charge in [-0.25, -0.2) is 9.80 Å². The third-order valence-electron chi connectivity index (χ3n) is 16.8. The van der Waals surface area contributed by atoms with Crippen LogP contribution in [0.5, 0.6) is 0 Å². The molecule has 0 N–H and O–H groups in total. The highest BCUT2D eigenvalue weighted by molar-refractivity contribution is 8.02. The van der Waals surface area contributed by atoms with E-state index < -0.39 is 52.7 Å². The average molecular weight is 1280 g/mol. The first-order valence-electron chi connectivity index (χ1n) is 30.3. The van der Waals surface area contributed by atoms with Crippen molar-refractivity contribution in [1.29, 1.82) is 0 Å². The Morgan fingerprint density at radius 2 is 0.489 bits per heavy atom. The van der Waals surface area contributed by atoms with E-state index in [9.17, 15) is 34.5 Å². The molecular weight excluding hydrogens is 1220 g/mol. The standard InChI is InChI=1S/C74H66N2O4P2.2BF4/c1-47(2)57-41-27-42-58(48(3)4)69(57)75-71(77)61-45-64(82(54-35-21-12-22-36-54,55-37-23-13-24-38-55)56-39-25-14-26-40-56)68-66-62(72(78)76(74(68)80)70-59(49(5)6)43-28-44-60(70)50(7)8)46-63(67(65(61)66)73(75)79)81(51-29-15-9-16-30-51,52-31-17-10-18-32-52)53-33-19-11-20-34-53;2*2-1(3,4)5/h9-50H,1-8H3;;/q+2;2*-1. The molecule has 0 radical (unpaired) electrons. The smallest absolute Gasteiger partial charge is 0.418 e. The lowest BCUT2D eigenvalue weighted by atomic mass is 9.83. The summed E-state index contributed by atoms with van der Waals surface area (Å²) in [4.78, 5) is 71.4. The first kappa shape index (κ1) is 66.1. The Morgan fingerprint density at radius 1 is 0.293 bits per heavy atom. The van der Waals surface area contributed by atoms with Gasteiger partial charge in [0.1, 0.15) is 57.0 Å². The number of hydrogen-bond acceptors (Lipinski definition) is 4. The third-order valence-corrected chi connectivity index (χ3v) is 25.4. The van der Waals surface area contributed by atoms with E-state index >= 15 is 19.2 Å². The molecule has 12 rings (SSSR count). The second kappa shape index (κ2) is 26.4. The topological polar surface area (TPSA) is 74.8 Å². The van der Waals surface area contributed by atoms with Crippen LogP contribution in [0.1, 0.15) is 143 Å². The summed E-state index contributed by atoms with van der Waals surface area (Å²) in [5.41, 5.74) is 5.73. The van der Waals surface area contributed by atoms with Gasteiger partial charge in [0.05, 0.1) is 33.6 Å². The van der Waals surface area contributed by atoms with Crippen LogP contribution in [0.3, 0.4) is 0 Å². The average Bonchev–Trinajstić information content (AvgIpc) is 0.673. The van der Waals surface area contributed by atoms with Crippen molar-refractivity contribution in [2.45, 2.75) is 79.1 Å². The van der Waals surface area contributed by atoms with E-state index in [2.05, 4.69) is 128 Å². The first-order chi connectivity index (χ1) is 43.7. The van der Waals surface area contributed by atoms with E-state index in [0.29, 0.717) is 43.9 Å². The lowest BCUT2D eigenvalue weighted by Crippen LogP contribution is -2.52. The Morgan fingerprint density at radius 3 is 0.674 bits per heavy atom. The van der Waals surface area contributed by atoms with Crippen molar-refractivity contribution >= 4 is 117 Å². The number of nitrogens with zero attached hydrogens (tertiary/aromatic N) is 2. The quantitative estimate of drug-likeness (QED) is 0.0471. The fourth-order valence-corrected chi connectivity index (χ4v) is 22.0. The van der Waals surface area contributed by atoms with E-state index in [-0.39, 0.29) is 34.8 Å². The summed E-state index contributed by atoms with van der Waals surface area (Å²) in [5, 5.41) is 7.67. The normalized spacial score (nSPS) is 13.4. The van der Waals surface area contributed by atoms with Gasteiger partial charge in [0.2, 0.25) is 0 Å². The summed E-state index contributed by atoms with van der Waals surface area (Å²) in [6, 6.07) is 78.3. The minimum Gasteiger partial charge on any atom is -0.418 e. The molecule has 92 heavy (non-hydrogen) atoms. The lowest BCUT2D eigenvalue weighted by molar-refractivity contribution is 0.0873. The molecule has 0 spiro atoms. The Hall–Kier alpha value is -8.83. The first-order valence-corrected chi connectivity index (χ1v) is 33.9. The maximum Gasteiger partial charge on any atom is 0.673 e. The van der Waals surface area contributed by atoms with Crippen LogP contribution in [0.25, 0.3) is 10.8 Å². The van der Waals surface area contributed by atoms with Gasteiger partial charge < -0.3 is 34.5 Å². The van der Waals surface area contributed by atoms with E-state index in [4.69, 9.17) is 0 Å². The third kappa shape index (κ3) is 12.2. The molecule has 0 atom stereocenters. The maximum atomic E-state index is 17.2. The SMILES string of the molecule is CC(C)c1cccc(C(C)C)c1N1C(=O)c2cc([P+](c3ccccc3)(c3ccccc3)c3ccccc3)c3c4c(cc([P+](c5ccccc5)(c5ccccc5)c5ccccc5)c(c24)C1=O)C(=O)N(c1c(C(C)C)cccc1C(C)C)C3=O.F[B-](F)(F)F.F[B-](F)(F)F. The highest BCUT2D eigenvalue weighted by Crippen LogP contribution is 2.60. The number of benzene rings is 10. The zero-order chi connectivity index (χ0) is 66.2. The molecule has 2 aliphatic heterocycles. The Labute approximate surface area is 532 Å². The molecular formula is C74H66B2F8N2O4P2. The van der Waals surface area contributed by atoms with Crippen molar-refractivity contribution in [2.24, 2.45) is 0 Å². The molecule has 2 heterocycles. The van der Waals surface area contributed by atoms with Gasteiger partial charge in [-0.05, 0) is 131 Å². The number of hydrogen-bond donors (Lipinski definition) is 0. The summed E-state index contributed by atoms with van der Waals surface area (Å²) < 4.78 is 78.0. The van der Waals surface area contributed by atoms with Crippen molar-refractivity contribution in [1.82, 2.24) is 0 Å². The highest BCUT2D eigenvalue weighted by atomic mass is 31.2. The second-order valence-electron chi connectivity index (χ2n) is 23.8. The molecule has 6 nitrogen and oxygen atoms in total. The summed E-state index contributed by atoms with van der Waals surface area (Å²) in [6.07, 6.45) is 0. The van der Waals surface area contributed by atoms with Gasteiger partial charge in [-0.3, -0.25) is 19.2 Å². The number of halogens is 8. The molecule has 0 fully saturated rings. The van der Waals surface area contributed by atoms with Gasteiger partial charge >= 0.3 is 14.5 Å². The summed E-state index contributed by atoms with van der Waals surface area (Å²) in [7, 11) is -18.6. The lowest BCUT2D eigenvalue weighted by Gasteiger charge is -2.39. The van der Waals surface area contributed by atoms with Crippen LogP contribution in [-0.2, 0) is 0 Å². The number of carbonyl (C=O) groups is 4. The van der Waals surface area contributed by atoms with Gasteiger partial charge in [0.25, 0.3) is 23.6 Å². The van der Waals surface area contributed by atoms with E-state index in [1.807, 2.05) is 158 Å². The molecule has 10 aromatic carbocycles.